The third-order valence-electron chi connectivity index (χ3n) is 0.884. The van der Waals surface area contributed by atoms with Gasteiger partial charge in [0.15, 0.2) is 0 Å². The van der Waals surface area contributed by atoms with Gasteiger partial charge in [0.05, 0.1) is 0 Å². The third kappa shape index (κ3) is 1.17. The van der Waals surface area contributed by atoms with Crippen LogP contribution in [0.1, 0.15) is 0 Å². The van der Waals surface area contributed by atoms with E-state index in [1.807, 2.05) is 0 Å². The van der Waals surface area contributed by atoms with Crippen LogP contribution in [0.4, 0.5) is 0 Å². The number of aliphatic carboxylic acids is 1. The molecule has 0 aromatic rings. The summed E-state index contributed by atoms with van der Waals surface area (Å²) in [7, 11) is 0. The third-order valence-corrected chi connectivity index (χ3v) is 0.884. The highest BCUT2D eigenvalue weighted by molar-refractivity contribution is 5.75. The molecule has 1 heterocycles. The van der Waals surface area contributed by atoms with Crippen LogP contribution in [0.5, 0.6) is 0 Å². The molecular formula is C4H4O5. The summed E-state index contributed by atoms with van der Waals surface area (Å²) in [6.07, 6.45) is -1.81. The zero-order chi connectivity index (χ0) is 6.85. The number of carbonyl (C=O) groups is 2. The van der Waals surface area contributed by atoms with Gasteiger partial charge in [0.2, 0.25) is 12.4 Å². The largest absolute Gasteiger partial charge is 0.479 e. The predicted molar refractivity (Wildman–Crippen MR) is 23.4 cm³/mol. The van der Waals surface area contributed by atoms with E-state index in [9.17, 15) is 9.59 Å². The van der Waals surface area contributed by atoms with Gasteiger partial charge in [-0.3, -0.25) is 4.79 Å². The molecule has 9 heavy (non-hydrogen) atoms. The molecule has 1 fully saturated rings. The van der Waals surface area contributed by atoms with Crippen molar-refractivity contribution in [3.63, 3.8) is 0 Å². The first kappa shape index (κ1) is 6.03. The smallest absolute Gasteiger partial charge is 0.339 e. The Morgan fingerprint density at radius 2 is 2.44 bits per heavy atom. The number of rotatable bonds is 3. The Morgan fingerprint density at radius 1 is 1.78 bits per heavy atom. The Bertz CT molecular complexity index is 142. The maximum atomic E-state index is 9.93. The molecule has 0 spiro atoms. The Hall–Kier alpha value is -1.10. The standard InChI is InChI=1S/C4H4O5/c5-1-8-4-2(9-4)3(6)7/h1-2,4H,(H,6,7). The highest BCUT2D eigenvalue weighted by Gasteiger charge is 2.47. The second-order valence-electron chi connectivity index (χ2n) is 1.50. The van der Waals surface area contributed by atoms with Crippen molar-refractivity contribution in [1.82, 2.24) is 0 Å². The minimum absolute atomic E-state index is 0.160. The summed E-state index contributed by atoms with van der Waals surface area (Å²) in [5, 5.41) is 8.13. The number of epoxide rings is 1. The van der Waals surface area contributed by atoms with Gasteiger partial charge < -0.3 is 14.6 Å². The highest BCUT2D eigenvalue weighted by Crippen LogP contribution is 2.21. The summed E-state index contributed by atoms with van der Waals surface area (Å²) >= 11 is 0. The van der Waals surface area contributed by atoms with Gasteiger partial charge in [0.1, 0.15) is 0 Å². The molecule has 5 nitrogen and oxygen atoms in total. The number of hydrogen-bond donors (Lipinski definition) is 1. The number of carboxylic acids is 1. The van der Waals surface area contributed by atoms with E-state index in [0.29, 0.717) is 0 Å². The van der Waals surface area contributed by atoms with E-state index in [-0.39, 0.29) is 6.47 Å². The molecule has 0 aromatic carbocycles. The van der Waals surface area contributed by atoms with E-state index in [0.717, 1.165) is 0 Å². The molecule has 1 aliphatic heterocycles. The maximum absolute atomic E-state index is 9.93. The van der Waals surface area contributed by atoms with Crippen molar-refractivity contribution in [3.05, 3.63) is 0 Å². The maximum Gasteiger partial charge on any atom is 0.339 e. The van der Waals surface area contributed by atoms with Crippen LogP contribution in [-0.4, -0.2) is 29.9 Å². The molecule has 0 aromatic heterocycles. The van der Waals surface area contributed by atoms with E-state index in [1.165, 1.54) is 0 Å². The van der Waals surface area contributed by atoms with Crippen LogP contribution in [0.25, 0.3) is 0 Å². The molecule has 1 N–H and O–H groups in total. The molecule has 1 rings (SSSR count). The van der Waals surface area contributed by atoms with Gasteiger partial charge in [-0.2, -0.15) is 0 Å². The quantitative estimate of drug-likeness (QED) is 0.392. The average molecular weight is 132 g/mol. The van der Waals surface area contributed by atoms with Gasteiger partial charge in [-0.1, -0.05) is 0 Å². The Balaban J connectivity index is 2.24. The van der Waals surface area contributed by atoms with E-state index in [1.54, 1.807) is 0 Å². The molecule has 0 radical (unpaired) electrons. The Morgan fingerprint density at radius 3 is 2.78 bits per heavy atom. The summed E-state index contributed by atoms with van der Waals surface area (Å²) < 4.78 is 8.51. The fraction of sp³-hybridized carbons (Fsp3) is 0.500. The normalized spacial score (nSPS) is 31.1. The monoisotopic (exact) mass is 132 g/mol. The summed E-state index contributed by atoms with van der Waals surface area (Å²) in [5.41, 5.74) is 0. The Kier molecular flexibility index (Phi) is 1.35. The van der Waals surface area contributed by atoms with Gasteiger partial charge in [-0.25, -0.2) is 4.79 Å². The van der Waals surface area contributed by atoms with Crippen LogP contribution in [0.2, 0.25) is 0 Å². The van der Waals surface area contributed by atoms with Crippen molar-refractivity contribution in [3.8, 4) is 0 Å². The van der Waals surface area contributed by atoms with E-state index >= 15 is 0 Å². The molecule has 50 valence electrons. The molecule has 2 atom stereocenters. The first-order chi connectivity index (χ1) is 4.25. The molecule has 0 amide bonds. The SMILES string of the molecule is O=COC1OC1C(=O)O. The highest BCUT2D eigenvalue weighted by atomic mass is 16.8. The lowest BCUT2D eigenvalue weighted by atomic mass is 10.5. The molecule has 0 saturated carbocycles. The number of carboxylic acid groups (broad SMARTS) is 1. The van der Waals surface area contributed by atoms with Crippen molar-refractivity contribution in [2.24, 2.45) is 0 Å². The van der Waals surface area contributed by atoms with Crippen molar-refractivity contribution < 1.29 is 24.2 Å². The van der Waals surface area contributed by atoms with Gasteiger partial charge in [0, 0.05) is 0 Å². The molecule has 0 aliphatic carbocycles. The van der Waals surface area contributed by atoms with Crippen molar-refractivity contribution >= 4 is 12.4 Å². The molecule has 5 heteroatoms. The zero-order valence-electron chi connectivity index (χ0n) is 4.31. The fourth-order valence-electron chi connectivity index (χ4n) is 0.432. The molecular weight excluding hydrogens is 128 g/mol. The lowest BCUT2D eigenvalue weighted by molar-refractivity contribution is -0.138. The van der Waals surface area contributed by atoms with E-state index in [4.69, 9.17) is 5.11 Å². The number of hydrogen-bond acceptors (Lipinski definition) is 4. The van der Waals surface area contributed by atoms with Gasteiger partial charge >= 0.3 is 5.97 Å². The average Bonchev–Trinajstić information content (AvgIpc) is 2.47. The summed E-state index contributed by atoms with van der Waals surface area (Å²) in [5.74, 6) is -1.11. The number of carbonyl (C=O) groups excluding carboxylic acids is 1. The second-order valence-corrected chi connectivity index (χ2v) is 1.50. The Labute approximate surface area is 50.2 Å². The van der Waals surface area contributed by atoms with Gasteiger partial charge in [-0.15, -0.1) is 0 Å². The van der Waals surface area contributed by atoms with Crippen LogP contribution >= 0.6 is 0 Å². The summed E-state index contributed by atoms with van der Waals surface area (Å²) in [6.45, 7) is 0.160. The van der Waals surface area contributed by atoms with E-state index < -0.39 is 18.4 Å². The molecule has 0 bridgehead atoms. The van der Waals surface area contributed by atoms with Crippen LogP contribution in [0, 0.1) is 0 Å². The summed E-state index contributed by atoms with van der Waals surface area (Å²) in [6, 6.07) is 0. The van der Waals surface area contributed by atoms with Crippen molar-refractivity contribution in [2.75, 3.05) is 0 Å². The van der Waals surface area contributed by atoms with Crippen molar-refractivity contribution in [1.29, 1.82) is 0 Å². The van der Waals surface area contributed by atoms with Crippen LogP contribution in [-0.2, 0) is 19.1 Å². The lowest BCUT2D eigenvalue weighted by Gasteiger charge is -1.83. The van der Waals surface area contributed by atoms with Crippen LogP contribution < -0.4 is 0 Å². The molecule has 1 aliphatic rings. The van der Waals surface area contributed by atoms with Gasteiger partial charge in [-0.05, 0) is 0 Å². The lowest BCUT2D eigenvalue weighted by Crippen LogP contribution is -2.09. The second kappa shape index (κ2) is 2.02. The minimum Gasteiger partial charge on any atom is -0.479 e. The predicted octanol–water partition coefficient (Wildman–Crippen LogP) is -1.03. The molecule has 2 unspecified atom stereocenters. The van der Waals surface area contributed by atoms with E-state index in [2.05, 4.69) is 9.47 Å². The topological polar surface area (TPSA) is 76.1 Å². The number of ether oxygens (including phenoxy) is 2. The van der Waals surface area contributed by atoms with Gasteiger partial charge in [0.25, 0.3) is 6.47 Å². The summed E-state index contributed by atoms with van der Waals surface area (Å²) in [4.78, 5) is 19.5. The molecule has 1 saturated heterocycles. The first-order valence-corrected chi connectivity index (χ1v) is 2.23. The fourth-order valence-corrected chi connectivity index (χ4v) is 0.432. The van der Waals surface area contributed by atoms with Crippen molar-refractivity contribution in [2.45, 2.75) is 12.4 Å². The zero-order valence-corrected chi connectivity index (χ0v) is 4.31. The first-order valence-electron chi connectivity index (χ1n) is 2.23. The van der Waals surface area contributed by atoms with Crippen LogP contribution in [0.15, 0.2) is 0 Å². The van der Waals surface area contributed by atoms with Crippen LogP contribution in [0.3, 0.4) is 0 Å². The minimum atomic E-state index is -1.11.